The van der Waals surface area contributed by atoms with E-state index in [0.717, 1.165) is 19.1 Å². The molecule has 0 aliphatic heterocycles. The van der Waals surface area contributed by atoms with Crippen molar-refractivity contribution in [1.29, 1.82) is 0 Å². The number of sulfonamides is 1. The van der Waals surface area contributed by atoms with Crippen LogP contribution in [0.5, 0.6) is 0 Å². The van der Waals surface area contributed by atoms with E-state index in [1.54, 1.807) is 43.3 Å². The molecule has 1 atom stereocenters. The smallest absolute Gasteiger partial charge is 0.242 e. The summed E-state index contributed by atoms with van der Waals surface area (Å²) in [7, 11) is -3.61. The molecule has 0 unspecified atom stereocenters. The molecule has 1 N–H and O–H groups in total. The lowest BCUT2D eigenvalue weighted by Gasteiger charge is -2.29. The van der Waals surface area contributed by atoms with E-state index in [4.69, 9.17) is 11.6 Å². The molecule has 2 aromatic rings. The predicted molar refractivity (Wildman–Crippen MR) is 137 cm³/mol. The fourth-order valence-electron chi connectivity index (χ4n) is 3.56. The van der Waals surface area contributed by atoms with Crippen molar-refractivity contribution in [3.63, 3.8) is 0 Å². The lowest BCUT2D eigenvalue weighted by atomic mass is 10.1. The number of hydrogen-bond acceptors (Lipinski definition) is 4. The summed E-state index contributed by atoms with van der Waals surface area (Å²) < 4.78 is 40.2. The second-order valence-corrected chi connectivity index (χ2v) is 10.7. The van der Waals surface area contributed by atoms with E-state index in [-0.39, 0.29) is 37.7 Å². The third kappa shape index (κ3) is 8.81. The lowest BCUT2D eigenvalue weighted by Crippen LogP contribution is -2.48. The monoisotopic (exact) mass is 525 g/mol. The third-order valence-electron chi connectivity index (χ3n) is 5.54. The lowest BCUT2D eigenvalue weighted by molar-refractivity contribution is -0.140. The summed E-state index contributed by atoms with van der Waals surface area (Å²) in [5.41, 5.74) is 0.699. The molecule has 2 rings (SSSR count). The third-order valence-corrected chi connectivity index (χ3v) is 6.97. The average Bonchev–Trinajstić information content (AvgIpc) is 2.80. The van der Waals surface area contributed by atoms with E-state index in [0.29, 0.717) is 22.8 Å². The normalized spacial score (nSPS) is 12.1. The first-order valence-electron chi connectivity index (χ1n) is 11.6. The predicted octanol–water partition coefficient (Wildman–Crippen LogP) is 4.36. The van der Waals surface area contributed by atoms with Crippen molar-refractivity contribution in [3.8, 4) is 0 Å². The first kappa shape index (κ1) is 28.6. The molecule has 35 heavy (non-hydrogen) atoms. The zero-order chi connectivity index (χ0) is 26.0. The first-order valence-corrected chi connectivity index (χ1v) is 13.8. The van der Waals surface area contributed by atoms with E-state index in [9.17, 15) is 22.4 Å². The van der Waals surface area contributed by atoms with Crippen LogP contribution in [0.1, 0.15) is 45.1 Å². The molecule has 0 bridgehead atoms. The van der Waals surface area contributed by atoms with Crippen molar-refractivity contribution in [3.05, 3.63) is 64.9 Å². The number of hydrogen-bond donors (Lipinski definition) is 1. The molecule has 0 spiro atoms. The van der Waals surface area contributed by atoms with E-state index >= 15 is 0 Å². The fraction of sp³-hybridized carbons (Fsp3) is 0.440. The van der Waals surface area contributed by atoms with Crippen LogP contribution in [-0.4, -0.2) is 50.5 Å². The van der Waals surface area contributed by atoms with Gasteiger partial charge in [-0.1, -0.05) is 49.2 Å². The zero-order valence-corrected chi connectivity index (χ0v) is 21.9. The molecule has 7 nitrogen and oxygen atoms in total. The molecule has 0 aromatic heterocycles. The minimum absolute atomic E-state index is 0.0202. The Hall–Kier alpha value is -2.65. The largest absolute Gasteiger partial charge is 0.354 e. The highest BCUT2D eigenvalue weighted by molar-refractivity contribution is 7.92. The maximum atomic E-state index is 14.3. The number of nitrogens with zero attached hydrogens (tertiary/aromatic N) is 2. The van der Waals surface area contributed by atoms with Crippen molar-refractivity contribution in [1.82, 2.24) is 10.2 Å². The Kier molecular flexibility index (Phi) is 11.0. The van der Waals surface area contributed by atoms with Crippen molar-refractivity contribution in [2.45, 2.75) is 52.1 Å². The van der Waals surface area contributed by atoms with Crippen LogP contribution in [0.3, 0.4) is 0 Å². The van der Waals surface area contributed by atoms with Gasteiger partial charge in [-0.3, -0.25) is 13.9 Å². The van der Waals surface area contributed by atoms with Gasteiger partial charge in [-0.2, -0.15) is 0 Å². The molecule has 0 saturated heterocycles. The van der Waals surface area contributed by atoms with Crippen LogP contribution in [0.2, 0.25) is 5.02 Å². The topological polar surface area (TPSA) is 86.8 Å². The minimum Gasteiger partial charge on any atom is -0.354 e. The Morgan fingerprint density at radius 1 is 1.11 bits per heavy atom. The maximum absolute atomic E-state index is 14.3. The first-order chi connectivity index (χ1) is 16.5. The quantitative estimate of drug-likeness (QED) is 0.394. The van der Waals surface area contributed by atoms with Gasteiger partial charge in [0.2, 0.25) is 21.8 Å². The number of carbonyl (C=O) groups excluding carboxylic acids is 2. The van der Waals surface area contributed by atoms with Crippen LogP contribution in [0.15, 0.2) is 48.5 Å². The van der Waals surface area contributed by atoms with Gasteiger partial charge in [0.05, 0.1) is 11.9 Å². The number of anilines is 1. The highest BCUT2D eigenvalue weighted by Crippen LogP contribution is 2.23. The van der Waals surface area contributed by atoms with E-state index in [1.807, 2.05) is 6.92 Å². The SMILES string of the molecule is CCCCNC(=O)[C@@H](C)N(Cc1ccccc1F)C(=O)CCCN(c1cccc(Cl)c1)S(C)(=O)=O. The highest BCUT2D eigenvalue weighted by atomic mass is 35.5. The number of halogens is 2. The van der Waals surface area contributed by atoms with Crippen molar-refractivity contribution in [2.75, 3.05) is 23.7 Å². The van der Waals surface area contributed by atoms with Gasteiger partial charge in [0.15, 0.2) is 0 Å². The standard InChI is InChI=1S/C25H33ClFN3O4S/c1-4-5-15-28-25(32)19(2)29(18-20-10-6-7-13-23(20)27)24(31)14-9-16-30(35(3,33)34)22-12-8-11-21(26)17-22/h6-8,10-13,17,19H,4-5,9,14-16,18H2,1-3H3,(H,28,32)/t19-/m1/s1. The summed E-state index contributed by atoms with van der Waals surface area (Å²) in [4.78, 5) is 27.2. The van der Waals surface area contributed by atoms with Gasteiger partial charge in [0.1, 0.15) is 11.9 Å². The van der Waals surface area contributed by atoms with E-state index in [2.05, 4.69) is 5.32 Å². The molecular formula is C25H33ClFN3O4S. The Morgan fingerprint density at radius 2 is 1.83 bits per heavy atom. The Morgan fingerprint density at radius 3 is 2.46 bits per heavy atom. The fourth-order valence-corrected chi connectivity index (χ4v) is 4.71. The maximum Gasteiger partial charge on any atom is 0.242 e. The molecule has 2 aromatic carbocycles. The van der Waals surface area contributed by atoms with E-state index < -0.39 is 21.9 Å². The molecule has 192 valence electrons. The minimum atomic E-state index is -3.61. The molecule has 0 heterocycles. The molecular weight excluding hydrogens is 493 g/mol. The van der Waals surface area contributed by atoms with Gasteiger partial charge in [-0.05, 0) is 44.0 Å². The number of amides is 2. The summed E-state index contributed by atoms with van der Waals surface area (Å²) in [5.74, 6) is -1.15. The summed E-state index contributed by atoms with van der Waals surface area (Å²) >= 11 is 6.01. The molecule has 0 radical (unpaired) electrons. The number of carbonyl (C=O) groups is 2. The second kappa shape index (κ2) is 13.4. The van der Waals surface area contributed by atoms with Gasteiger partial charge in [0.25, 0.3) is 0 Å². The highest BCUT2D eigenvalue weighted by Gasteiger charge is 2.27. The molecule has 2 amide bonds. The van der Waals surface area contributed by atoms with Crippen molar-refractivity contribution >= 4 is 39.1 Å². The van der Waals surface area contributed by atoms with Crippen LogP contribution >= 0.6 is 11.6 Å². The second-order valence-electron chi connectivity index (χ2n) is 8.35. The Bertz CT molecular complexity index is 1110. The molecule has 0 aliphatic carbocycles. The Labute approximate surface area is 212 Å². The zero-order valence-electron chi connectivity index (χ0n) is 20.3. The van der Waals surface area contributed by atoms with Crippen LogP contribution < -0.4 is 9.62 Å². The molecule has 0 fully saturated rings. The Balaban J connectivity index is 2.15. The van der Waals surface area contributed by atoms with Gasteiger partial charge in [-0.15, -0.1) is 0 Å². The van der Waals surface area contributed by atoms with Gasteiger partial charge in [-0.25, -0.2) is 12.8 Å². The molecule has 10 heteroatoms. The van der Waals surface area contributed by atoms with Gasteiger partial charge < -0.3 is 10.2 Å². The molecule has 0 aliphatic rings. The van der Waals surface area contributed by atoms with Crippen molar-refractivity contribution in [2.24, 2.45) is 0 Å². The number of benzene rings is 2. The number of unbranched alkanes of at least 4 members (excludes halogenated alkanes) is 1. The summed E-state index contributed by atoms with van der Waals surface area (Å²) in [6.45, 7) is 4.08. The number of nitrogens with one attached hydrogen (secondary N) is 1. The van der Waals surface area contributed by atoms with Crippen LogP contribution in [-0.2, 0) is 26.2 Å². The van der Waals surface area contributed by atoms with Gasteiger partial charge >= 0.3 is 0 Å². The summed E-state index contributed by atoms with van der Waals surface area (Å²) in [5, 5.41) is 3.21. The van der Waals surface area contributed by atoms with E-state index in [1.165, 1.54) is 21.3 Å². The summed E-state index contributed by atoms with van der Waals surface area (Å²) in [6.07, 6.45) is 2.99. The number of rotatable bonds is 13. The molecule has 0 saturated carbocycles. The van der Waals surface area contributed by atoms with Crippen LogP contribution in [0, 0.1) is 5.82 Å². The van der Waals surface area contributed by atoms with Crippen LogP contribution in [0.4, 0.5) is 10.1 Å². The van der Waals surface area contributed by atoms with Crippen molar-refractivity contribution < 1.29 is 22.4 Å². The van der Waals surface area contributed by atoms with Gasteiger partial charge in [0, 0.05) is 36.6 Å². The summed E-state index contributed by atoms with van der Waals surface area (Å²) in [6, 6.07) is 11.7. The van der Waals surface area contributed by atoms with Crippen LogP contribution in [0.25, 0.3) is 0 Å². The average molecular weight is 526 g/mol.